The molecule has 0 aromatic heterocycles. The molecule has 1 unspecified atom stereocenters. The van der Waals surface area contributed by atoms with E-state index in [-0.39, 0.29) is 18.1 Å². The van der Waals surface area contributed by atoms with Gasteiger partial charge in [0.15, 0.2) is 18.1 Å². The van der Waals surface area contributed by atoms with Gasteiger partial charge in [-0.25, -0.2) is 0 Å². The molecule has 1 amide bonds. The SMILES string of the molecule is CC1(C)Cc2cccc(OCC(=O)N3CCCCC(c4ccccc4)C3)c2O1. The van der Waals surface area contributed by atoms with Gasteiger partial charge in [0, 0.05) is 31.0 Å². The average molecular weight is 380 g/mol. The number of carbonyl (C=O) groups excluding carboxylic acids is 1. The lowest BCUT2D eigenvalue weighted by Crippen LogP contribution is -2.37. The lowest BCUT2D eigenvalue weighted by Gasteiger charge is -2.25. The number of rotatable bonds is 4. The normalized spacial score (nSPS) is 20.8. The first kappa shape index (κ1) is 18.9. The van der Waals surface area contributed by atoms with E-state index in [1.54, 1.807) is 0 Å². The van der Waals surface area contributed by atoms with E-state index in [9.17, 15) is 4.79 Å². The number of para-hydroxylation sites is 1. The van der Waals surface area contributed by atoms with Crippen LogP contribution in [0.15, 0.2) is 48.5 Å². The van der Waals surface area contributed by atoms with Crippen LogP contribution < -0.4 is 9.47 Å². The van der Waals surface area contributed by atoms with Crippen molar-refractivity contribution in [3.8, 4) is 11.5 Å². The van der Waals surface area contributed by atoms with Gasteiger partial charge in [0.05, 0.1) is 0 Å². The monoisotopic (exact) mass is 379 g/mol. The van der Waals surface area contributed by atoms with Crippen LogP contribution in [0.25, 0.3) is 0 Å². The molecule has 2 aliphatic rings. The van der Waals surface area contributed by atoms with Crippen LogP contribution in [0.2, 0.25) is 0 Å². The quantitative estimate of drug-likeness (QED) is 0.781. The van der Waals surface area contributed by atoms with Crippen LogP contribution in [0.1, 0.15) is 50.2 Å². The Kier molecular flexibility index (Phi) is 5.29. The zero-order chi connectivity index (χ0) is 19.6. The van der Waals surface area contributed by atoms with Crippen molar-refractivity contribution < 1.29 is 14.3 Å². The molecule has 28 heavy (non-hydrogen) atoms. The van der Waals surface area contributed by atoms with Crippen LogP contribution in [0, 0.1) is 0 Å². The molecule has 2 heterocycles. The Bertz CT molecular complexity index is 831. The van der Waals surface area contributed by atoms with Gasteiger partial charge in [0.2, 0.25) is 0 Å². The van der Waals surface area contributed by atoms with Crippen LogP contribution in [-0.2, 0) is 11.2 Å². The lowest BCUT2D eigenvalue weighted by molar-refractivity contribution is -0.133. The van der Waals surface area contributed by atoms with E-state index in [0.29, 0.717) is 11.7 Å². The maximum absolute atomic E-state index is 12.9. The highest BCUT2D eigenvalue weighted by Crippen LogP contribution is 2.41. The van der Waals surface area contributed by atoms with Gasteiger partial charge in [0.1, 0.15) is 5.60 Å². The van der Waals surface area contributed by atoms with Crippen molar-refractivity contribution in [1.29, 1.82) is 0 Å². The number of nitrogens with zero attached hydrogens (tertiary/aromatic N) is 1. The molecule has 0 radical (unpaired) electrons. The summed E-state index contributed by atoms with van der Waals surface area (Å²) in [6.07, 6.45) is 4.19. The number of benzene rings is 2. The van der Waals surface area contributed by atoms with Gasteiger partial charge in [-0.1, -0.05) is 48.9 Å². The van der Waals surface area contributed by atoms with Crippen LogP contribution in [-0.4, -0.2) is 36.1 Å². The molecule has 4 rings (SSSR count). The summed E-state index contributed by atoms with van der Waals surface area (Å²) >= 11 is 0. The third kappa shape index (κ3) is 4.16. The van der Waals surface area contributed by atoms with Gasteiger partial charge in [-0.3, -0.25) is 4.79 Å². The van der Waals surface area contributed by atoms with Crippen LogP contribution in [0.4, 0.5) is 0 Å². The van der Waals surface area contributed by atoms with Gasteiger partial charge in [-0.15, -0.1) is 0 Å². The van der Waals surface area contributed by atoms with Crippen molar-refractivity contribution in [3.63, 3.8) is 0 Å². The van der Waals surface area contributed by atoms with E-state index in [4.69, 9.17) is 9.47 Å². The molecule has 148 valence electrons. The molecule has 0 aliphatic carbocycles. The zero-order valence-corrected chi connectivity index (χ0v) is 16.8. The summed E-state index contributed by atoms with van der Waals surface area (Å²) in [6.45, 7) is 5.78. The van der Waals surface area contributed by atoms with Crippen molar-refractivity contribution in [1.82, 2.24) is 4.90 Å². The van der Waals surface area contributed by atoms with Crippen LogP contribution in [0.3, 0.4) is 0 Å². The molecular weight excluding hydrogens is 350 g/mol. The number of amides is 1. The van der Waals surface area contributed by atoms with Gasteiger partial charge in [-0.05, 0) is 38.3 Å². The fraction of sp³-hybridized carbons (Fsp3) is 0.458. The Balaban J connectivity index is 1.41. The molecule has 1 atom stereocenters. The largest absolute Gasteiger partial charge is 0.483 e. The minimum atomic E-state index is -0.223. The van der Waals surface area contributed by atoms with E-state index >= 15 is 0 Å². The molecule has 0 bridgehead atoms. The molecule has 1 fully saturated rings. The average Bonchev–Trinajstić information content (AvgIpc) is 2.86. The fourth-order valence-electron chi connectivity index (χ4n) is 4.30. The van der Waals surface area contributed by atoms with E-state index in [1.807, 2.05) is 23.1 Å². The van der Waals surface area contributed by atoms with E-state index in [1.165, 1.54) is 5.56 Å². The lowest BCUT2D eigenvalue weighted by atomic mass is 9.94. The number of carbonyl (C=O) groups is 1. The second kappa shape index (κ2) is 7.86. The molecular formula is C24H29NO3. The maximum Gasteiger partial charge on any atom is 0.260 e. The molecule has 1 saturated heterocycles. The van der Waals surface area contributed by atoms with Gasteiger partial charge >= 0.3 is 0 Å². The summed E-state index contributed by atoms with van der Waals surface area (Å²) < 4.78 is 12.0. The summed E-state index contributed by atoms with van der Waals surface area (Å²) in [7, 11) is 0. The fourth-order valence-corrected chi connectivity index (χ4v) is 4.30. The highest BCUT2D eigenvalue weighted by Gasteiger charge is 2.32. The molecule has 0 N–H and O–H groups in total. The number of hydrogen-bond acceptors (Lipinski definition) is 3. The molecule has 0 spiro atoms. The summed E-state index contributed by atoms with van der Waals surface area (Å²) in [5.74, 6) is 1.92. The van der Waals surface area contributed by atoms with Gasteiger partial charge in [0.25, 0.3) is 5.91 Å². The number of fused-ring (bicyclic) bond motifs is 1. The number of hydrogen-bond donors (Lipinski definition) is 0. The van der Waals surface area contributed by atoms with E-state index in [0.717, 1.165) is 50.1 Å². The first-order valence-electron chi connectivity index (χ1n) is 10.3. The Hall–Kier alpha value is -2.49. The molecule has 4 heteroatoms. The topological polar surface area (TPSA) is 38.8 Å². The molecule has 2 aromatic rings. The summed E-state index contributed by atoms with van der Waals surface area (Å²) in [5.41, 5.74) is 2.24. The van der Waals surface area contributed by atoms with Crippen molar-refractivity contribution in [3.05, 3.63) is 59.7 Å². The summed E-state index contributed by atoms with van der Waals surface area (Å²) in [5, 5.41) is 0. The van der Waals surface area contributed by atoms with Gasteiger partial charge < -0.3 is 14.4 Å². The second-order valence-electron chi connectivity index (χ2n) is 8.51. The van der Waals surface area contributed by atoms with Crippen LogP contribution in [0.5, 0.6) is 11.5 Å². The zero-order valence-electron chi connectivity index (χ0n) is 16.8. The standard InChI is InChI=1S/C24H29NO3/c1-24(2)15-19-12-8-13-21(23(19)28-24)27-17-22(26)25-14-7-6-11-20(16-25)18-9-4-3-5-10-18/h3-5,8-10,12-13,20H,6-7,11,14-17H2,1-2H3. The van der Waals surface area contributed by atoms with Crippen molar-refractivity contribution in [2.24, 2.45) is 0 Å². The minimum absolute atomic E-state index is 0.0534. The molecule has 4 nitrogen and oxygen atoms in total. The van der Waals surface area contributed by atoms with Gasteiger partial charge in [-0.2, -0.15) is 0 Å². The van der Waals surface area contributed by atoms with Crippen molar-refractivity contribution >= 4 is 5.91 Å². The minimum Gasteiger partial charge on any atom is -0.483 e. The first-order valence-corrected chi connectivity index (χ1v) is 10.3. The Morgan fingerprint density at radius 3 is 2.79 bits per heavy atom. The second-order valence-corrected chi connectivity index (χ2v) is 8.51. The molecule has 2 aromatic carbocycles. The van der Waals surface area contributed by atoms with E-state index < -0.39 is 0 Å². The highest BCUT2D eigenvalue weighted by molar-refractivity contribution is 5.78. The highest BCUT2D eigenvalue weighted by atomic mass is 16.5. The van der Waals surface area contributed by atoms with Crippen LogP contribution >= 0.6 is 0 Å². The molecule has 2 aliphatic heterocycles. The molecule has 0 saturated carbocycles. The van der Waals surface area contributed by atoms with Crippen molar-refractivity contribution in [2.45, 2.75) is 51.0 Å². The smallest absolute Gasteiger partial charge is 0.260 e. The Morgan fingerprint density at radius 2 is 1.96 bits per heavy atom. The summed E-state index contributed by atoms with van der Waals surface area (Å²) in [6, 6.07) is 16.5. The van der Waals surface area contributed by atoms with E-state index in [2.05, 4.69) is 44.2 Å². The first-order chi connectivity index (χ1) is 13.5. The summed E-state index contributed by atoms with van der Waals surface area (Å²) in [4.78, 5) is 14.9. The predicted molar refractivity (Wildman–Crippen MR) is 110 cm³/mol. The van der Waals surface area contributed by atoms with Crippen molar-refractivity contribution in [2.75, 3.05) is 19.7 Å². The third-order valence-electron chi connectivity index (χ3n) is 5.70. The predicted octanol–water partition coefficient (Wildman–Crippen LogP) is 4.58. The Morgan fingerprint density at radius 1 is 1.14 bits per heavy atom. The number of ether oxygens (including phenoxy) is 2. The number of likely N-dealkylation sites (tertiary alicyclic amines) is 1. The maximum atomic E-state index is 12.9. The Labute approximate surface area is 167 Å². The third-order valence-corrected chi connectivity index (χ3v) is 5.70.